The summed E-state index contributed by atoms with van der Waals surface area (Å²) in [5.41, 5.74) is 2.23. The third-order valence-electron chi connectivity index (χ3n) is 3.73. The van der Waals surface area contributed by atoms with Gasteiger partial charge in [0.05, 0.1) is 5.69 Å². The molecule has 2 N–H and O–H groups in total. The predicted octanol–water partition coefficient (Wildman–Crippen LogP) is 3.45. The molecule has 7 heteroatoms. The second kappa shape index (κ2) is 6.66. The minimum absolute atomic E-state index is 0.0522. The van der Waals surface area contributed by atoms with Gasteiger partial charge in [0, 0.05) is 25.4 Å². The number of rotatable bonds is 6. The molecule has 2 heterocycles. The van der Waals surface area contributed by atoms with Crippen molar-refractivity contribution in [3.05, 3.63) is 65.6 Å². The lowest BCUT2D eigenvalue weighted by Gasteiger charge is -2.14. The minimum Gasteiger partial charge on any atom is -0.476 e. The third-order valence-corrected chi connectivity index (χ3v) is 3.73. The summed E-state index contributed by atoms with van der Waals surface area (Å²) in [6.45, 7) is 0.253. The molecule has 0 aliphatic heterocycles. The second-order valence-corrected chi connectivity index (χ2v) is 5.27. The van der Waals surface area contributed by atoms with Crippen molar-refractivity contribution in [1.29, 1.82) is 0 Å². The number of carboxylic acids is 1. The van der Waals surface area contributed by atoms with Crippen molar-refractivity contribution in [2.24, 2.45) is 0 Å². The van der Waals surface area contributed by atoms with Crippen LogP contribution in [0.5, 0.6) is 0 Å². The molecule has 0 atom stereocenters. The maximum absolute atomic E-state index is 12.7. The van der Waals surface area contributed by atoms with Gasteiger partial charge in [0.2, 0.25) is 6.43 Å². The molecule has 1 aromatic carbocycles. The van der Waals surface area contributed by atoms with Gasteiger partial charge in [0.25, 0.3) is 0 Å². The topological polar surface area (TPSA) is 66.6 Å². The fourth-order valence-electron chi connectivity index (χ4n) is 2.64. The molecule has 0 unspecified atom stereocenters. The molecule has 3 aromatic rings. The van der Waals surface area contributed by atoms with E-state index in [-0.39, 0.29) is 18.7 Å². The van der Waals surface area contributed by atoms with Crippen LogP contribution in [-0.4, -0.2) is 26.9 Å². The third kappa shape index (κ3) is 3.19. The van der Waals surface area contributed by atoms with Crippen LogP contribution in [0.2, 0.25) is 0 Å². The standard InChI is InChI=1S/C17H15F2N3O2/c18-14(19)9-11-3-1-2-4-12(11)10-21-13-5-6-15-20-7-8-22(15)16(13)17(23)24/h1-8,14,21H,9-10H2,(H,23,24). The molecule has 0 aliphatic carbocycles. The lowest BCUT2D eigenvalue weighted by Crippen LogP contribution is -2.12. The van der Waals surface area contributed by atoms with Gasteiger partial charge < -0.3 is 10.4 Å². The summed E-state index contributed by atoms with van der Waals surface area (Å²) >= 11 is 0. The number of nitrogens with zero attached hydrogens (tertiary/aromatic N) is 2. The zero-order valence-electron chi connectivity index (χ0n) is 12.6. The van der Waals surface area contributed by atoms with Gasteiger partial charge in [-0.1, -0.05) is 24.3 Å². The first-order valence-corrected chi connectivity index (χ1v) is 7.34. The van der Waals surface area contributed by atoms with E-state index in [9.17, 15) is 18.7 Å². The molecule has 0 spiro atoms. The molecule has 124 valence electrons. The molecule has 0 fully saturated rings. The van der Waals surface area contributed by atoms with Gasteiger partial charge in [-0.2, -0.15) is 0 Å². The number of hydrogen-bond acceptors (Lipinski definition) is 3. The molecule has 24 heavy (non-hydrogen) atoms. The predicted molar refractivity (Wildman–Crippen MR) is 85.6 cm³/mol. The van der Waals surface area contributed by atoms with E-state index in [1.807, 2.05) is 0 Å². The van der Waals surface area contributed by atoms with Crippen LogP contribution in [0.15, 0.2) is 48.8 Å². The Morgan fingerprint density at radius 3 is 2.67 bits per heavy atom. The highest BCUT2D eigenvalue weighted by atomic mass is 19.3. The van der Waals surface area contributed by atoms with E-state index < -0.39 is 12.4 Å². The first kappa shape index (κ1) is 15.9. The van der Waals surface area contributed by atoms with E-state index in [0.717, 1.165) is 0 Å². The van der Waals surface area contributed by atoms with Crippen LogP contribution >= 0.6 is 0 Å². The zero-order valence-corrected chi connectivity index (χ0v) is 12.6. The van der Waals surface area contributed by atoms with E-state index in [2.05, 4.69) is 10.3 Å². The van der Waals surface area contributed by atoms with Crippen molar-refractivity contribution in [3.63, 3.8) is 0 Å². The molecule has 0 amide bonds. The Bertz CT molecular complexity index is 877. The lowest BCUT2D eigenvalue weighted by molar-refractivity contribution is 0.0690. The highest BCUT2D eigenvalue weighted by Crippen LogP contribution is 2.20. The van der Waals surface area contributed by atoms with Crippen LogP contribution in [0.25, 0.3) is 5.65 Å². The van der Waals surface area contributed by atoms with Crippen molar-refractivity contribution < 1.29 is 18.7 Å². The van der Waals surface area contributed by atoms with Crippen molar-refractivity contribution in [2.75, 3.05) is 5.32 Å². The molecule has 0 aliphatic rings. The highest BCUT2D eigenvalue weighted by Gasteiger charge is 2.15. The van der Waals surface area contributed by atoms with Gasteiger partial charge in [-0.3, -0.25) is 4.40 Å². The Morgan fingerprint density at radius 1 is 1.21 bits per heavy atom. The molecular weight excluding hydrogens is 316 g/mol. The van der Waals surface area contributed by atoms with Gasteiger partial charge in [-0.25, -0.2) is 18.6 Å². The SMILES string of the molecule is O=C(O)c1c(NCc2ccccc2CC(F)F)ccc2nccn12. The number of aromatic nitrogens is 2. The normalized spacial score (nSPS) is 11.1. The molecule has 0 radical (unpaired) electrons. The van der Waals surface area contributed by atoms with Crippen molar-refractivity contribution in [3.8, 4) is 0 Å². The summed E-state index contributed by atoms with van der Waals surface area (Å²) in [6.07, 6.45) is 0.325. The fourth-order valence-corrected chi connectivity index (χ4v) is 2.64. The molecule has 0 bridgehead atoms. The maximum atomic E-state index is 12.7. The van der Waals surface area contributed by atoms with Gasteiger partial charge in [-0.15, -0.1) is 0 Å². The highest BCUT2D eigenvalue weighted by molar-refractivity contribution is 5.93. The molecular formula is C17H15F2N3O2. The van der Waals surface area contributed by atoms with E-state index in [4.69, 9.17) is 0 Å². The van der Waals surface area contributed by atoms with Crippen LogP contribution in [0.1, 0.15) is 21.6 Å². The minimum atomic E-state index is -2.43. The van der Waals surface area contributed by atoms with Crippen molar-refractivity contribution in [1.82, 2.24) is 9.38 Å². The number of carboxylic acid groups (broad SMARTS) is 1. The van der Waals surface area contributed by atoms with Crippen LogP contribution < -0.4 is 5.32 Å². The number of aromatic carboxylic acids is 1. The Morgan fingerprint density at radius 2 is 1.96 bits per heavy atom. The number of benzene rings is 1. The quantitative estimate of drug-likeness (QED) is 0.726. The average molecular weight is 331 g/mol. The molecule has 5 nitrogen and oxygen atoms in total. The van der Waals surface area contributed by atoms with E-state index in [1.165, 1.54) is 10.6 Å². The number of alkyl halides is 2. The molecule has 3 rings (SSSR count). The van der Waals surface area contributed by atoms with Gasteiger partial charge >= 0.3 is 5.97 Å². The smallest absolute Gasteiger partial charge is 0.355 e. The maximum Gasteiger partial charge on any atom is 0.355 e. The summed E-state index contributed by atoms with van der Waals surface area (Å²) in [5.74, 6) is -1.10. The van der Waals surface area contributed by atoms with Crippen molar-refractivity contribution in [2.45, 2.75) is 19.4 Å². The number of nitrogens with one attached hydrogen (secondary N) is 1. The number of carbonyl (C=O) groups is 1. The Labute approximate surface area is 136 Å². The number of fused-ring (bicyclic) bond motifs is 1. The first-order valence-electron chi connectivity index (χ1n) is 7.34. The lowest BCUT2D eigenvalue weighted by atomic mass is 10.0. The number of hydrogen-bond donors (Lipinski definition) is 2. The van der Waals surface area contributed by atoms with E-state index >= 15 is 0 Å². The second-order valence-electron chi connectivity index (χ2n) is 5.27. The number of imidazole rings is 1. The summed E-state index contributed by atoms with van der Waals surface area (Å²) < 4.78 is 26.8. The Hall–Kier alpha value is -2.96. The summed E-state index contributed by atoms with van der Waals surface area (Å²) in [6, 6.07) is 10.2. The zero-order chi connectivity index (χ0) is 17.1. The van der Waals surface area contributed by atoms with Gasteiger partial charge in [0.15, 0.2) is 5.69 Å². The first-order chi connectivity index (χ1) is 11.6. The van der Waals surface area contributed by atoms with Crippen LogP contribution in [-0.2, 0) is 13.0 Å². The Balaban J connectivity index is 1.89. The summed E-state index contributed by atoms with van der Waals surface area (Å²) in [4.78, 5) is 15.6. The van der Waals surface area contributed by atoms with Gasteiger partial charge in [0.1, 0.15) is 5.65 Å². The Kier molecular flexibility index (Phi) is 4.41. The van der Waals surface area contributed by atoms with Crippen LogP contribution in [0.3, 0.4) is 0 Å². The van der Waals surface area contributed by atoms with Crippen molar-refractivity contribution >= 4 is 17.3 Å². The number of anilines is 1. The number of pyridine rings is 1. The monoisotopic (exact) mass is 331 g/mol. The molecule has 0 saturated heterocycles. The largest absolute Gasteiger partial charge is 0.476 e. The van der Waals surface area contributed by atoms with Gasteiger partial charge in [-0.05, 0) is 23.3 Å². The summed E-state index contributed by atoms with van der Waals surface area (Å²) in [7, 11) is 0. The molecule has 0 saturated carbocycles. The summed E-state index contributed by atoms with van der Waals surface area (Å²) in [5, 5.41) is 12.5. The van der Waals surface area contributed by atoms with E-state index in [1.54, 1.807) is 42.6 Å². The van der Waals surface area contributed by atoms with Crippen LogP contribution in [0.4, 0.5) is 14.5 Å². The van der Waals surface area contributed by atoms with Crippen LogP contribution in [0, 0.1) is 0 Å². The van der Waals surface area contributed by atoms with E-state index in [0.29, 0.717) is 22.5 Å². The molecule has 2 aromatic heterocycles. The number of halogens is 2. The average Bonchev–Trinajstić information content (AvgIpc) is 3.01. The fraction of sp³-hybridized carbons (Fsp3) is 0.176.